The highest BCUT2D eigenvalue weighted by molar-refractivity contribution is 7.89. The molecule has 0 radical (unpaired) electrons. The normalized spacial score (nSPS) is 11.5. The van der Waals surface area contributed by atoms with Crippen LogP contribution in [0.15, 0.2) is 39.6 Å². The molecule has 0 saturated heterocycles. The molecular formula is C18H20ClNO7S. The Morgan fingerprint density at radius 2 is 1.79 bits per heavy atom. The third-order valence-corrected chi connectivity index (χ3v) is 6.42. The van der Waals surface area contributed by atoms with Gasteiger partial charge < -0.3 is 13.9 Å². The third-order valence-electron chi connectivity index (χ3n) is 3.88. The number of carbonyl (C=O) groups excluding carboxylic acids is 2. The van der Waals surface area contributed by atoms with Gasteiger partial charge in [0.1, 0.15) is 17.3 Å². The zero-order valence-corrected chi connectivity index (χ0v) is 17.2. The molecule has 0 aliphatic heterocycles. The maximum Gasteiger partial charge on any atom is 0.373 e. The zero-order chi connectivity index (χ0) is 20.9. The number of ether oxygens (including phenoxy) is 2. The average molecular weight is 430 g/mol. The van der Waals surface area contributed by atoms with Crippen molar-refractivity contribution >= 4 is 33.6 Å². The summed E-state index contributed by atoms with van der Waals surface area (Å²) in [5.41, 5.74) is 0.0230. The summed E-state index contributed by atoms with van der Waals surface area (Å²) < 4.78 is 41.5. The largest absolute Gasteiger partial charge is 0.463 e. The highest BCUT2D eigenvalue weighted by Crippen LogP contribution is 2.26. The van der Waals surface area contributed by atoms with E-state index in [0.29, 0.717) is 0 Å². The lowest BCUT2D eigenvalue weighted by atomic mass is 10.2. The Balaban J connectivity index is 2.18. The van der Waals surface area contributed by atoms with Gasteiger partial charge in [-0.25, -0.2) is 18.0 Å². The first-order chi connectivity index (χ1) is 13.2. The molecule has 0 aliphatic carbocycles. The predicted octanol–water partition coefficient (Wildman–Crippen LogP) is 3.11. The smallest absolute Gasteiger partial charge is 0.373 e. The minimum Gasteiger partial charge on any atom is -0.463 e. The number of sulfonamides is 1. The molecule has 0 bridgehead atoms. The van der Waals surface area contributed by atoms with Gasteiger partial charge in [-0.05, 0) is 30.3 Å². The van der Waals surface area contributed by atoms with E-state index >= 15 is 0 Å². The van der Waals surface area contributed by atoms with Crippen LogP contribution in [0.3, 0.4) is 0 Å². The van der Waals surface area contributed by atoms with E-state index in [1.54, 1.807) is 13.8 Å². The van der Waals surface area contributed by atoms with E-state index in [0.717, 1.165) is 0 Å². The first kappa shape index (κ1) is 21.9. The molecule has 0 unspecified atom stereocenters. The van der Waals surface area contributed by atoms with Gasteiger partial charge in [0.05, 0.1) is 17.7 Å². The molecule has 2 aromatic rings. The average Bonchev–Trinajstić information content (AvgIpc) is 3.15. The summed E-state index contributed by atoms with van der Waals surface area (Å²) >= 11 is 6.05. The molecule has 28 heavy (non-hydrogen) atoms. The fourth-order valence-electron chi connectivity index (χ4n) is 2.42. The number of halogens is 1. The summed E-state index contributed by atoms with van der Waals surface area (Å²) in [5, 5.41) is 0.0113. The van der Waals surface area contributed by atoms with Gasteiger partial charge in [0.25, 0.3) is 0 Å². The lowest BCUT2D eigenvalue weighted by Crippen LogP contribution is -2.31. The number of hydrogen-bond donors (Lipinski definition) is 0. The minimum atomic E-state index is -3.84. The molecule has 1 aromatic heterocycles. The fourth-order valence-corrected chi connectivity index (χ4v) is 4.37. The van der Waals surface area contributed by atoms with Gasteiger partial charge in [0.2, 0.25) is 15.8 Å². The number of esters is 2. The van der Waals surface area contributed by atoms with Crippen molar-refractivity contribution in [2.24, 2.45) is 0 Å². The summed E-state index contributed by atoms with van der Waals surface area (Å²) in [5.74, 6) is -1.20. The minimum absolute atomic E-state index is 0.0113. The number of hydrogen-bond acceptors (Lipinski definition) is 7. The topological polar surface area (TPSA) is 103 Å². The van der Waals surface area contributed by atoms with Crippen LogP contribution in [0.1, 0.15) is 40.5 Å². The van der Waals surface area contributed by atoms with Crippen LogP contribution >= 0.6 is 11.6 Å². The van der Waals surface area contributed by atoms with E-state index in [1.165, 1.54) is 41.7 Å². The van der Waals surface area contributed by atoms with E-state index in [1.807, 2.05) is 0 Å². The monoisotopic (exact) mass is 429 g/mol. The third kappa shape index (κ3) is 4.73. The van der Waals surface area contributed by atoms with E-state index in [4.69, 9.17) is 20.8 Å². The van der Waals surface area contributed by atoms with E-state index in [9.17, 15) is 18.0 Å². The van der Waals surface area contributed by atoms with Crippen LogP contribution in [0.25, 0.3) is 0 Å². The van der Waals surface area contributed by atoms with Crippen LogP contribution in [0.5, 0.6) is 0 Å². The lowest BCUT2D eigenvalue weighted by Gasteiger charge is -2.19. The first-order valence-electron chi connectivity index (χ1n) is 8.38. The molecule has 0 atom stereocenters. The van der Waals surface area contributed by atoms with E-state index in [2.05, 4.69) is 4.74 Å². The maximum atomic E-state index is 12.7. The van der Waals surface area contributed by atoms with Gasteiger partial charge in [-0.1, -0.05) is 25.4 Å². The molecule has 0 N–H and O–H groups in total. The highest BCUT2D eigenvalue weighted by atomic mass is 35.5. The molecular weight excluding hydrogens is 410 g/mol. The molecule has 0 spiro atoms. The van der Waals surface area contributed by atoms with Crippen molar-refractivity contribution in [3.8, 4) is 0 Å². The Bertz CT molecular complexity index is 964. The molecule has 0 aliphatic rings. The Morgan fingerprint density at radius 3 is 2.39 bits per heavy atom. The Kier molecular flexibility index (Phi) is 7.22. The van der Waals surface area contributed by atoms with Crippen LogP contribution in [0.4, 0.5) is 0 Å². The second-order valence-corrected chi connectivity index (χ2v) is 7.88. The van der Waals surface area contributed by atoms with Crippen LogP contribution in [-0.4, -0.2) is 44.9 Å². The molecule has 0 amide bonds. The molecule has 8 nitrogen and oxygen atoms in total. The zero-order valence-electron chi connectivity index (χ0n) is 15.6. The Labute approximate surface area is 168 Å². The number of furan rings is 1. The fraction of sp³-hybridized carbons (Fsp3) is 0.333. The van der Waals surface area contributed by atoms with E-state index < -0.39 is 22.0 Å². The Morgan fingerprint density at radius 1 is 1.11 bits per heavy atom. The SMILES string of the molecule is CCN(CC)S(=O)(=O)c1cc(C(=O)OCc2ccc(C(=O)OC)o2)ccc1Cl. The molecule has 2 rings (SSSR count). The lowest BCUT2D eigenvalue weighted by molar-refractivity contribution is 0.0438. The van der Waals surface area contributed by atoms with Crippen molar-refractivity contribution in [3.63, 3.8) is 0 Å². The standard InChI is InChI=1S/C18H20ClNO7S/c1-4-20(5-2)28(23,24)16-10-12(6-8-14(16)19)17(21)26-11-13-7-9-15(27-13)18(22)25-3/h6-10H,4-5,11H2,1-3H3. The van der Waals surface area contributed by atoms with Crippen LogP contribution in [0.2, 0.25) is 5.02 Å². The number of methoxy groups -OCH3 is 1. The van der Waals surface area contributed by atoms with Gasteiger partial charge in [0.15, 0.2) is 0 Å². The molecule has 152 valence electrons. The summed E-state index contributed by atoms with van der Waals surface area (Å²) in [4.78, 5) is 23.5. The molecule has 10 heteroatoms. The second kappa shape index (κ2) is 9.22. The van der Waals surface area contributed by atoms with Crippen molar-refractivity contribution in [2.45, 2.75) is 25.3 Å². The summed E-state index contributed by atoms with van der Waals surface area (Å²) in [7, 11) is -2.62. The predicted molar refractivity (Wildman–Crippen MR) is 101 cm³/mol. The molecule has 0 saturated carbocycles. The molecule has 0 fully saturated rings. The number of carbonyl (C=O) groups is 2. The van der Waals surface area contributed by atoms with Crippen molar-refractivity contribution < 1.29 is 31.9 Å². The quantitative estimate of drug-likeness (QED) is 0.594. The van der Waals surface area contributed by atoms with Gasteiger partial charge in [0, 0.05) is 13.1 Å². The van der Waals surface area contributed by atoms with Crippen molar-refractivity contribution in [2.75, 3.05) is 20.2 Å². The highest BCUT2D eigenvalue weighted by Gasteiger charge is 2.26. The van der Waals surface area contributed by atoms with Crippen molar-refractivity contribution in [1.82, 2.24) is 4.31 Å². The first-order valence-corrected chi connectivity index (χ1v) is 10.2. The Hall–Kier alpha value is -2.36. The van der Waals surface area contributed by atoms with E-state index in [-0.39, 0.29) is 46.7 Å². The van der Waals surface area contributed by atoms with Gasteiger partial charge in [-0.2, -0.15) is 4.31 Å². The second-order valence-electron chi connectivity index (χ2n) is 5.57. The van der Waals surface area contributed by atoms with Gasteiger partial charge in [-0.3, -0.25) is 0 Å². The van der Waals surface area contributed by atoms with Gasteiger partial charge in [-0.15, -0.1) is 0 Å². The van der Waals surface area contributed by atoms with Crippen molar-refractivity contribution in [3.05, 3.63) is 52.4 Å². The summed E-state index contributed by atoms with van der Waals surface area (Å²) in [6, 6.07) is 6.74. The number of rotatable bonds is 8. The van der Waals surface area contributed by atoms with Gasteiger partial charge >= 0.3 is 11.9 Å². The maximum absolute atomic E-state index is 12.7. The molecule has 1 heterocycles. The van der Waals surface area contributed by atoms with Crippen molar-refractivity contribution in [1.29, 1.82) is 0 Å². The summed E-state index contributed by atoms with van der Waals surface area (Å²) in [6.45, 7) is 3.71. The summed E-state index contributed by atoms with van der Waals surface area (Å²) in [6.07, 6.45) is 0. The number of nitrogens with zero attached hydrogens (tertiary/aromatic N) is 1. The van der Waals surface area contributed by atoms with Crippen LogP contribution in [-0.2, 0) is 26.1 Å². The van der Waals surface area contributed by atoms with Crippen LogP contribution in [0, 0.1) is 0 Å². The number of benzene rings is 1. The van der Waals surface area contributed by atoms with Crippen LogP contribution < -0.4 is 0 Å². The molecule has 1 aromatic carbocycles.